The smallest absolute Gasteiger partial charge is 0.379 e. The number of fused-ring (bicyclic) bond motifs is 2. The largest absolute Gasteiger partial charge is 0.452 e. The van der Waals surface area contributed by atoms with E-state index in [1.807, 2.05) is 36.4 Å². The third-order valence-corrected chi connectivity index (χ3v) is 6.65. The molecule has 0 saturated carbocycles. The van der Waals surface area contributed by atoms with Gasteiger partial charge in [-0.25, -0.2) is 4.79 Å². The van der Waals surface area contributed by atoms with Gasteiger partial charge in [0.2, 0.25) is 11.5 Å². The Bertz CT molecular complexity index is 1510. The molecule has 0 amide bonds. The fourth-order valence-electron chi connectivity index (χ4n) is 4.33. The molecule has 0 fully saturated rings. The molecule has 0 saturated heterocycles. The summed E-state index contributed by atoms with van der Waals surface area (Å²) in [5.74, 6) is 0.131. The number of furan rings is 1. The number of allylic oxidation sites excluding steroid dienone is 1. The maximum absolute atomic E-state index is 13.0. The summed E-state index contributed by atoms with van der Waals surface area (Å²) in [7, 11) is 0. The minimum Gasteiger partial charge on any atom is -0.452 e. The molecule has 36 heavy (non-hydrogen) atoms. The second kappa shape index (κ2) is 9.66. The number of rotatable bonds is 6. The number of Topliss-reactive ketones (excluding diaryl/α,β-unsaturated/α-hetero) is 1. The Labute approximate surface area is 217 Å². The number of ether oxygens (including phenoxy) is 2. The van der Waals surface area contributed by atoms with E-state index in [0.717, 1.165) is 34.2 Å². The molecule has 5 rings (SSSR count). The van der Waals surface area contributed by atoms with Gasteiger partial charge in [0.25, 0.3) is 0 Å². The van der Waals surface area contributed by atoms with Crippen LogP contribution in [0.5, 0.6) is 11.5 Å². The predicted molar refractivity (Wildman–Crippen MR) is 143 cm³/mol. The lowest BCUT2D eigenvalue weighted by Gasteiger charge is -2.20. The third-order valence-electron chi connectivity index (χ3n) is 6.15. The lowest BCUT2D eigenvalue weighted by Crippen LogP contribution is -2.21. The van der Waals surface area contributed by atoms with Crippen molar-refractivity contribution in [1.29, 1.82) is 0 Å². The average Bonchev–Trinajstić information content (AvgIpc) is 3.41. The number of ketones is 1. The van der Waals surface area contributed by atoms with E-state index in [2.05, 4.69) is 34.7 Å². The maximum Gasteiger partial charge on any atom is 0.379 e. The van der Waals surface area contributed by atoms with Crippen molar-refractivity contribution in [1.82, 2.24) is 0 Å². The van der Waals surface area contributed by atoms with E-state index in [0.29, 0.717) is 22.5 Å². The Morgan fingerprint density at radius 3 is 2.50 bits per heavy atom. The first kappa shape index (κ1) is 23.9. The number of benzene rings is 3. The molecule has 1 aliphatic heterocycles. The van der Waals surface area contributed by atoms with E-state index < -0.39 is 5.97 Å². The van der Waals surface area contributed by atoms with Crippen LogP contribution in [0.15, 0.2) is 75.3 Å². The van der Waals surface area contributed by atoms with Gasteiger partial charge in [0.15, 0.2) is 5.76 Å². The summed E-state index contributed by atoms with van der Waals surface area (Å²) in [4.78, 5) is 28.0. The fraction of sp³-hybridized carbons (Fsp3) is 0.172. The molecule has 6 nitrogen and oxygen atoms in total. The Balaban J connectivity index is 1.36. The van der Waals surface area contributed by atoms with Crippen LogP contribution in [0.3, 0.4) is 0 Å². The van der Waals surface area contributed by atoms with Crippen LogP contribution in [0.4, 0.5) is 5.69 Å². The van der Waals surface area contributed by atoms with Crippen molar-refractivity contribution in [2.24, 2.45) is 0 Å². The van der Waals surface area contributed by atoms with Gasteiger partial charge in [-0.2, -0.15) is 0 Å². The van der Waals surface area contributed by atoms with Gasteiger partial charge in [-0.15, -0.1) is 0 Å². The predicted octanol–water partition coefficient (Wildman–Crippen LogP) is 7.19. The summed E-state index contributed by atoms with van der Waals surface area (Å²) in [5, 5.41) is 0.787. The number of aryl methyl sites for hydroxylation is 1. The molecule has 1 aromatic heterocycles. The number of nitrogens with zero attached hydrogens (tertiary/aromatic N) is 1. The molecule has 2 heterocycles. The van der Waals surface area contributed by atoms with Crippen molar-refractivity contribution in [2.75, 3.05) is 18.0 Å². The van der Waals surface area contributed by atoms with Gasteiger partial charge in [-0.3, -0.25) is 4.79 Å². The molecule has 4 aromatic rings. The molecule has 0 spiro atoms. The van der Waals surface area contributed by atoms with Gasteiger partial charge >= 0.3 is 5.97 Å². The van der Waals surface area contributed by atoms with Crippen LogP contribution in [0, 0.1) is 6.92 Å². The Hall–Kier alpha value is -3.84. The molecule has 0 N–H and O–H groups in total. The molecular formula is C29H24BrNO5. The SMILES string of the molecule is CCN(CC)c1ccc(/C=C2\Oc3cc(OC(=O)c4cc5cc(Br)ccc5o4)cc(C)c3C2=O)cc1. The summed E-state index contributed by atoms with van der Waals surface area (Å²) in [6.45, 7) is 7.87. The zero-order valence-electron chi connectivity index (χ0n) is 20.1. The van der Waals surface area contributed by atoms with Crippen molar-refractivity contribution >= 4 is 50.4 Å². The van der Waals surface area contributed by atoms with Crippen LogP contribution >= 0.6 is 15.9 Å². The van der Waals surface area contributed by atoms with Crippen LogP contribution in [0.25, 0.3) is 17.0 Å². The lowest BCUT2D eigenvalue weighted by atomic mass is 10.0. The molecule has 0 unspecified atom stereocenters. The highest BCUT2D eigenvalue weighted by Crippen LogP contribution is 2.38. The first-order valence-corrected chi connectivity index (χ1v) is 12.5. The summed E-state index contributed by atoms with van der Waals surface area (Å²) in [5.41, 5.74) is 3.71. The average molecular weight is 546 g/mol. The van der Waals surface area contributed by atoms with Gasteiger partial charge in [-0.05, 0) is 80.4 Å². The molecule has 0 radical (unpaired) electrons. The van der Waals surface area contributed by atoms with Crippen LogP contribution < -0.4 is 14.4 Å². The number of carbonyl (C=O) groups is 2. The molecular weight excluding hydrogens is 522 g/mol. The van der Waals surface area contributed by atoms with Gasteiger partial charge in [-0.1, -0.05) is 28.1 Å². The number of esters is 1. The molecule has 0 aliphatic carbocycles. The zero-order valence-corrected chi connectivity index (χ0v) is 21.7. The zero-order chi connectivity index (χ0) is 25.4. The number of hydrogen-bond acceptors (Lipinski definition) is 6. The van der Waals surface area contributed by atoms with Crippen molar-refractivity contribution in [2.45, 2.75) is 20.8 Å². The van der Waals surface area contributed by atoms with E-state index in [1.54, 1.807) is 37.3 Å². The highest BCUT2D eigenvalue weighted by molar-refractivity contribution is 9.10. The minimum atomic E-state index is -0.630. The molecule has 0 atom stereocenters. The van der Waals surface area contributed by atoms with Crippen LogP contribution in [-0.2, 0) is 0 Å². The summed E-state index contributed by atoms with van der Waals surface area (Å²) in [6.07, 6.45) is 1.73. The van der Waals surface area contributed by atoms with Crippen molar-refractivity contribution < 1.29 is 23.5 Å². The Morgan fingerprint density at radius 2 is 1.78 bits per heavy atom. The molecule has 1 aliphatic rings. The van der Waals surface area contributed by atoms with Gasteiger partial charge in [0.1, 0.15) is 17.1 Å². The summed E-state index contributed by atoms with van der Waals surface area (Å²) < 4.78 is 18.0. The number of halogens is 1. The van der Waals surface area contributed by atoms with Gasteiger partial charge < -0.3 is 18.8 Å². The van der Waals surface area contributed by atoms with E-state index in [-0.39, 0.29) is 23.1 Å². The summed E-state index contributed by atoms with van der Waals surface area (Å²) in [6, 6.07) is 18.3. The van der Waals surface area contributed by atoms with Crippen molar-refractivity contribution in [3.05, 3.63) is 93.3 Å². The summed E-state index contributed by atoms with van der Waals surface area (Å²) >= 11 is 3.41. The van der Waals surface area contributed by atoms with Crippen molar-refractivity contribution in [3.63, 3.8) is 0 Å². The Morgan fingerprint density at radius 1 is 1.03 bits per heavy atom. The van der Waals surface area contributed by atoms with E-state index in [1.165, 1.54) is 0 Å². The van der Waals surface area contributed by atoms with Crippen LogP contribution in [0.1, 0.15) is 45.9 Å². The second-order valence-corrected chi connectivity index (χ2v) is 9.41. The van der Waals surface area contributed by atoms with Crippen LogP contribution in [-0.4, -0.2) is 24.8 Å². The van der Waals surface area contributed by atoms with E-state index >= 15 is 0 Å². The molecule has 3 aromatic carbocycles. The standard InChI is InChI=1S/C29H24BrNO5/c1-4-31(5-2)21-9-6-18(7-10-21)13-25-28(32)27-17(3)12-22(16-24(27)36-25)34-29(33)26-15-19-14-20(30)8-11-23(19)35-26/h6-16H,4-5H2,1-3H3/b25-13-. The highest BCUT2D eigenvalue weighted by atomic mass is 79.9. The van der Waals surface area contributed by atoms with Crippen molar-refractivity contribution in [3.8, 4) is 11.5 Å². The third kappa shape index (κ3) is 4.54. The van der Waals surface area contributed by atoms with Crippen LogP contribution in [0.2, 0.25) is 0 Å². The normalized spacial score (nSPS) is 13.7. The number of carbonyl (C=O) groups excluding carboxylic acids is 2. The minimum absolute atomic E-state index is 0.0898. The quantitative estimate of drug-likeness (QED) is 0.145. The monoisotopic (exact) mass is 545 g/mol. The molecule has 182 valence electrons. The topological polar surface area (TPSA) is 69.0 Å². The Kier molecular flexibility index (Phi) is 6.41. The highest BCUT2D eigenvalue weighted by Gasteiger charge is 2.30. The first-order valence-electron chi connectivity index (χ1n) is 11.7. The van der Waals surface area contributed by atoms with E-state index in [4.69, 9.17) is 13.9 Å². The molecule has 7 heteroatoms. The van der Waals surface area contributed by atoms with Gasteiger partial charge in [0.05, 0.1) is 5.56 Å². The number of anilines is 1. The molecule has 0 bridgehead atoms. The maximum atomic E-state index is 13.0. The fourth-order valence-corrected chi connectivity index (χ4v) is 4.71. The number of hydrogen-bond donors (Lipinski definition) is 0. The lowest BCUT2D eigenvalue weighted by molar-refractivity contribution is 0.0703. The first-order chi connectivity index (χ1) is 17.4. The second-order valence-electron chi connectivity index (χ2n) is 8.50. The van der Waals surface area contributed by atoms with E-state index in [9.17, 15) is 9.59 Å². The van der Waals surface area contributed by atoms with Gasteiger partial charge in [0, 0.05) is 34.7 Å².